The van der Waals surface area contributed by atoms with Gasteiger partial charge in [-0.3, -0.25) is 4.79 Å². The molecule has 2 rings (SSSR count). The smallest absolute Gasteiger partial charge is 0.170 e. The Labute approximate surface area is 151 Å². The highest BCUT2D eigenvalue weighted by Gasteiger charge is 2.12. The van der Waals surface area contributed by atoms with Crippen LogP contribution in [0.5, 0.6) is 5.75 Å². The van der Waals surface area contributed by atoms with E-state index < -0.39 is 0 Å². The molecule has 0 unspecified atom stereocenters. The van der Waals surface area contributed by atoms with Gasteiger partial charge in [0.25, 0.3) is 0 Å². The molecule has 0 spiro atoms. The summed E-state index contributed by atoms with van der Waals surface area (Å²) >= 11 is 0. The van der Waals surface area contributed by atoms with E-state index in [9.17, 15) is 9.90 Å². The molecule has 0 aliphatic carbocycles. The molecule has 0 amide bonds. The van der Waals surface area contributed by atoms with Crippen LogP contribution in [0.25, 0.3) is 0 Å². The Morgan fingerprint density at radius 2 is 1.52 bits per heavy atom. The third-order valence-corrected chi connectivity index (χ3v) is 4.64. The van der Waals surface area contributed by atoms with Crippen LogP contribution < -0.4 is 0 Å². The van der Waals surface area contributed by atoms with Gasteiger partial charge in [-0.05, 0) is 36.1 Å². The van der Waals surface area contributed by atoms with E-state index in [-0.39, 0.29) is 11.5 Å². The highest BCUT2D eigenvalue weighted by Crippen LogP contribution is 2.22. The lowest BCUT2D eigenvalue weighted by Crippen LogP contribution is -2.04. The van der Waals surface area contributed by atoms with Crippen molar-refractivity contribution in [3.05, 3.63) is 65.2 Å². The Balaban J connectivity index is 1.85. The summed E-state index contributed by atoms with van der Waals surface area (Å²) in [7, 11) is 0. The van der Waals surface area contributed by atoms with Crippen molar-refractivity contribution >= 4 is 5.78 Å². The summed E-state index contributed by atoms with van der Waals surface area (Å²) in [5.41, 5.74) is 2.57. The van der Waals surface area contributed by atoms with Crippen LogP contribution in [0.4, 0.5) is 0 Å². The fraction of sp³-hybridized carbons (Fsp3) is 0.435. The van der Waals surface area contributed by atoms with Crippen LogP contribution in [0, 0.1) is 0 Å². The van der Waals surface area contributed by atoms with Crippen molar-refractivity contribution in [2.45, 2.75) is 64.7 Å². The molecule has 25 heavy (non-hydrogen) atoms. The molecular formula is C23H30O2. The van der Waals surface area contributed by atoms with Crippen molar-refractivity contribution in [2.24, 2.45) is 0 Å². The molecule has 0 atom stereocenters. The summed E-state index contributed by atoms with van der Waals surface area (Å²) in [5.74, 6) is 0.0642. The van der Waals surface area contributed by atoms with Crippen LogP contribution in [0.2, 0.25) is 0 Å². The summed E-state index contributed by atoms with van der Waals surface area (Å²) in [6, 6.07) is 15.2. The molecule has 0 bridgehead atoms. The molecule has 0 saturated heterocycles. The molecule has 0 fully saturated rings. The summed E-state index contributed by atoms with van der Waals surface area (Å²) in [4.78, 5) is 12.5. The third-order valence-electron chi connectivity index (χ3n) is 4.64. The SMILES string of the molecule is CCCCCCCCCc1ccc(O)c(C(=O)Cc2ccccc2)c1. The van der Waals surface area contributed by atoms with E-state index in [2.05, 4.69) is 6.92 Å². The van der Waals surface area contributed by atoms with Gasteiger partial charge in [0.1, 0.15) is 5.75 Å². The molecule has 0 heterocycles. The molecule has 0 saturated carbocycles. The third kappa shape index (κ3) is 6.74. The highest BCUT2D eigenvalue weighted by molar-refractivity contribution is 6.00. The normalized spacial score (nSPS) is 10.8. The van der Waals surface area contributed by atoms with E-state index in [1.165, 1.54) is 38.5 Å². The van der Waals surface area contributed by atoms with Gasteiger partial charge in [0.2, 0.25) is 0 Å². The van der Waals surface area contributed by atoms with Gasteiger partial charge in [-0.1, -0.05) is 81.8 Å². The minimum atomic E-state index is -0.0230. The number of unbranched alkanes of at least 4 members (excludes halogenated alkanes) is 6. The maximum atomic E-state index is 12.5. The number of Topliss-reactive ketones (excluding diaryl/α,β-unsaturated/α-hetero) is 1. The maximum Gasteiger partial charge on any atom is 0.170 e. The second-order valence-corrected chi connectivity index (χ2v) is 6.81. The predicted molar refractivity (Wildman–Crippen MR) is 104 cm³/mol. The Morgan fingerprint density at radius 1 is 0.840 bits per heavy atom. The predicted octanol–water partition coefficient (Wildman–Crippen LogP) is 6.11. The molecule has 2 nitrogen and oxygen atoms in total. The first-order chi connectivity index (χ1) is 12.2. The van der Waals surface area contributed by atoms with Gasteiger partial charge in [-0.25, -0.2) is 0 Å². The Hall–Kier alpha value is -2.09. The number of benzene rings is 2. The van der Waals surface area contributed by atoms with Crippen molar-refractivity contribution in [3.8, 4) is 5.75 Å². The number of aryl methyl sites for hydroxylation is 1. The van der Waals surface area contributed by atoms with E-state index in [1.807, 2.05) is 42.5 Å². The maximum absolute atomic E-state index is 12.5. The van der Waals surface area contributed by atoms with E-state index in [0.717, 1.165) is 24.0 Å². The number of ketones is 1. The van der Waals surface area contributed by atoms with Gasteiger partial charge < -0.3 is 5.11 Å². The number of phenolic OH excluding ortho intramolecular Hbond substituents is 1. The van der Waals surface area contributed by atoms with Crippen molar-refractivity contribution in [1.29, 1.82) is 0 Å². The Kier molecular flexibility index (Phi) is 8.24. The van der Waals surface area contributed by atoms with Crippen molar-refractivity contribution in [1.82, 2.24) is 0 Å². The largest absolute Gasteiger partial charge is 0.507 e. The topological polar surface area (TPSA) is 37.3 Å². The number of hydrogen-bond donors (Lipinski definition) is 1. The van der Waals surface area contributed by atoms with Gasteiger partial charge in [0.15, 0.2) is 5.78 Å². The van der Waals surface area contributed by atoms with Crippen molar-refractivity contribution in [3.63, 3.8) is 0 Å². The van der Waals surface area contributed by atoms with Crippen LogP contribution in [-0.4, -0.2) is 10.9 Å². The van der Waals surface area contributed by atoms with Gasteiger partial charge >= 0.3 is 0 Å². The molecule has 2 aromatic carbocycles. The molecule has 0 aliphatic heterocycles. The molecule has 0 aromatic heterocycles. The van der Waals surface area contributed by atoms with Gasteiger partial charge in [-0.15, -0.1) is 0 Å². The van der Waals surface area contributed by atoms with Gasteiger partial charge in [0.05, 0.1) is 5.56 Å². The van der Waals surface area contributed by atoms with Crippen LogP contribution in [-0.2, 0) is 12.8 Å². The minimum absolute atomic E-state index is 0.0230. The number of carbonyl (C=O) groups excluding carboxylic acids is 1. The summed E-state index contributed by atoms with van der Waals surface area (Å²) in [6.45, 7) is 2.24. The fourth-order valence-electron chi connectivity index (χ4n) is 3.12. The second-order valence-electron chi connectivity index (χ2n) is 6.81. The monoisotopic (exact) mass is 338 g/mol. The van der Waals surface area contributed by atoms with Crippen LogP contribution in [0.1, 0.15) is 73.4 Å². The number of aromatic hydroxyl groups is 1. The first kappa shape index (κ1) is 19.2. The van der Waals surface area contributed by atoms with Crippen LogP contribution in [0.15, 0.2) is 48.5 Å². The Morgan fingerprint density at radius 3 is 2.24 bits per heavy atom. The van der Waals surface area contributed by atoms with Crippen molar-refractivity contribution < 1.29 is 9.90 Å². The van der Waals surface area contributed by atoms with Crippen LogP contribution >= 0.6 is 0 Å². The van der Waals surface area contributed by atoms with E-state index in [0.29, 0.717) is 12.0 Å². The zero-order chi connectivity index (χ0) is 17.9. The molecule has 1 N–H and O–H groups in total. The number of carbonyl (C=O) groups is 1. The van der Waals surface area contributed by atoms with Crippen LogP contribution in [0.3, 0.4) is 0 Å². The molecule has 2 aromatic rings. The number of phenols is 1. The lowest BCUT2D eigenvalue weighted by molar-refractivity contribution is 0.0990. The van der Waals surface area contributed by atoms with Gasteiger partial charge in [-0.2, -0.15) is 0 Å². The Bertz CT molecular complexity index is 646. The second kappa shape index (κ2) is 10.7. The van der Waals surface area contributed by atoms with Gasteiger partial charge in [0, 0.05) is 6.42 Å². The molecular weight excluding hydrogens is 308 g/mol. The number of rotatable bonds is 11. The number of hydrogen-bond acceptors (Lipinski definition) is 2. The molecule has 2 heteroatoms. The summed E-state index contributed by atoms with van der Waals surface area (Å²) < 4.78 is 0. The lowest BCUT2D eigenvalue weighted by Gasteiger charge is -2.08. The van der Waals surface area contributed by atoms with E-state index >= 15 is 0 Å². The van der Waals surface area contributed by atoms with E-state index in [1.54, 1.807) is 6.07 Å². The highest BCUT2D eigenvalue weighted by atomic mass is 16.3. The average Bonchev–Trinajstić information content (AvgIpc) is 2.63. The zero-order valence-electron chi connectivity index (χ0n) is 15.3. The first-order valence-corrected chi connectivity index (χ1v) is 9.59. The van der Waals surface area contributed by atoms with Crippen molar-refractivity contribution in [2.75, 3.05) is 0 Å². The summed E-state index contributed by atoms with van der Waals surface area (Å²) in [6.07, 6.45) is 10.3. The molecule has 134 valence electrons. The molecule has 0 aliphatic rings. The average molecular weight is 338 g/mol. The standard InChI is InChI=1S/C23H30O2/c1-2-3-4-5-6-7-9-14-20-15-16-22(24)21(17-20)23(25)18-19-12-10-8-11-13-19/h8,10-13,15-17,24H,2-7,9,14,18H2,1H3. The first-order valence-electron chi connectivity index (χ1n) is 9.59. The quantitative estimate of drug-likeness (QED) is 0.396. The molecule has 0 radical (unpaired) electrons. The lowest BCUT2D eigenvalue weighted by atomic mass is 9.98. The minimum Gasteiger partial charge on any atom is -0.507 e. The fourth-order valence-corrected chi connectivity index (χ4v) is 3.12. The summed E-state index contributed by atoms with van der Waals surface area (Å²) in [5, 5.41) is 10.1. The zero-order valence-corrected chi connectivity index (χ0v) is 15.3. The van der Waals surface area contributed by atoms with E-state index in [4.69, 9.17) is 0 Å².